The lowest BCUT2D eigenvalue weighted by atomic mass is 10.2. The van der Waals surface area contributed by atoms with Gasteiger partial charge in [0.15, 0.2) is 5.96 Å². The van der Waals surface area contributed by atoms with Crippen molar-refractivity contribution in [2.75, 3.05) is 59.5 Å². The molecule has 3 heterocycles. The number of ether oxygens (including phenoxy) is 1. The predicted octanol–water partition coefficient (Wildman–Crippen LogP) is 2.56. The number of morpholine rings is 1. The summed E-state index contributed by atoms with van der Waals surface area (Å²) < 4.78 is 11.6. The van der Waals surface area contributed by atoms with Crippen LogP contribution in [0.4, 0.5) is 0 Å². The Bertz CT molecular complexity index is 590. The van der Waals surface area contributed by atoms with E-state index in [1.54, 1.807) is 6.26 Å². The first kappa shape index (κ1) is 24.4. The molecule has 0 saturated carbocycles. The molecule has 1 aromatic rings. The fourth-order valence-electron chi connectivity index (χ4n) is 4.15. The van der Waals surface area contributed by atoms with Crippen LogP contribution in [0.3, 0.4) is 0 Å². The average molecular weight is 519 g/mol. The van der Waals surface area contributed by atoms with E-state index in [0.29, 0.717) is 5.92 Å². The van der Waals surface area contributed by atoms with E-state index in [2.05, 4.69) is 45.3 Å². The van der Waals surface area contributed by atoms with Gasteiger partial charge in [-0.2, -0.15) is 0 Å². The number of hydrogen-bond acceptors (Lipinski definition) is 5. The second kappa shape index (κ2) is 12.8. The Morgan fingerprint density at radius 3 is 2.69 bits per heavy atom. The van der Waals surface area contributed by atoms with Crippen LogP contribution in [0.25, 0.3) is 0 Å². The Hall–Kier alpha value is -0.840. The Balaban J connectivity index is 0.00000300. The van der Waals surface area contributed by atoms with E-state index in [1.807, 2.05) is 13.1 Å². The van der Waals surface area contributed by atoms with E-state index in [-0.39, 0.29) is 36.1 Å². The molecule has 0 aromatic carbocycles. The standard InChI is InChI=1S/C21H37N5O2.HI/c1-17(2)15-25-10-12-27-18(16-25)13-23-21(22-3)24-14-19(20-7-6-11-28-20)26-8-4-5-9-26;/h6-7,11,17-19H,4-5,8-10,12-16H2,1-3H3,(H2,22,23,24);1H. The highest BCUT2D eigenvalue weighted by Gasteiger charge is 2.26. The van der Waals surface area contributed by atoms with Crippen molar-refractivity contribution in [3.05, 3.63) is 24.2 Å². The first-order chi connectivity index (χ1) is 13.7. The Morgan fingerprint density at radius 1 is 1.24 bits per heavy atom. The van der Waals surface area contributed by atoms with Gasteiger partial charge in [0.25, 0.3) is 0 Å². The topological polar surface area (TPSA) is 65.3 Å². The van der Waals surface area contributed by atoms with E-state index in [4.69, 9.17) is 9.15 Å². The molecule has 1 aromatic heterocycles. The molecule has 0 bridgehead atoms. The van der Waals surface area contributed by atoms with Crippen LogP contribution >= 0.6 is 24.0 Å². The highest BCUT2D eigenvalue weighted by Crippen LogP contribution is 2.24. The fraction of sp³-hybridized carbons (Fsp3) is 0.762. The van der Waals surface area contributed by atoms with E-state index < -0.39 is 0 Å². The zero-order valence-corrected chi connectivity index (χ0v) is 20.4. The van der Waals surface area contributed by atoms with Crippen molar-refractivity contribution < 1.29 is 9.15 Å². The molecule has 0 spiro atoms. The van der Waals surface area contributed by atoms with E-state index in [1.165, 1.54) is 12.8 Å². The maximum absolute atomic E-state index is 5.94. The average Bonchev–Trinajstić information content (AvgIpc) is 3.39. The zero-order chi connectivity index (χ0) is 19.8. The van der Waals surface area contributed by atoms with Crippen LogP contribution in [0.5, 0.6) is 0 Å². The molecule has 3 rings (SSSR count). The molecule has 166 valence electrons. The van der Waals surface area contributed by atoms with Crippen LogP contribution in [-0.4, -0.2) is 81.3 Å². The van der Waals surface area contributed by atoms with Gasteiger partial charge in [0, 0.05) is 39.8 Å². The molecule has 2 saturated heterocycles. The van der Waals surface area contributed by atoms with E-state index >= 15 is 0 Å². The van der Waals surface area contributed by atoms with Gasteiger partial charge >= 0.3 is 0 Å². The summed E-state index contributed by atoms with van der Waals surface area (Å²) in [7, 11) is 1.82. The molecule has 2 aliphatic rings. The molecule has 2 fully saturated rings. The summed E-state index contributed by atoms with van der Waals surface area (Å²) in [5.41, 5.74) is 0. The third-order valence-electron chi connectivity index (χ3n) is 5.48. The van der Waals surface area contributed by atoms with Gasteiger partial charge in [-0.05, 0) is 44.0 Å². The number of nitrogens with zero attached hydrogens (tertiary/aromatic N) is 3. The number of halogens is 1. The molecule has 0 aliphatic carbocycles. The van der Waals surface area contributed by atoms with Crippen molar-refractivity contribution >= 4 is 29.9 Å². The third-order valence-corrected chi connectivity index (χ3v) is 5.48. The lowest BCUT2D eigenvalue weighted by molar-refractivity contribution is -0.0284. The van der Waals surface area contributed by atoms with Crippen molar-refractivity contribution in [2.45, 2.75) is 38.8 Å². The smallest absolute Gasteiger partial charge is 0.191 e. The molecule has 7 nitrogen and oxygen atoms in total. The quantitative estimate of drug-likeness (QED) is 0.313. The van der Waals surface area contributed by atoms with Crippen LogP contribution in [0, 0.1) is 5.92 Å². The van der Waals surface area contributed by atoms with Crippen LogP contribution in [0.15, 0.2) is 27.8 Å². The minimum absolute atomic E-state index is 0. The number of guanidine groups is 1. The highest BCUT2D eigenvalue weighted by atomic mass is 127. The summed E-state index contributed by atoms with van der Waals surface area (Å²) >= 11 is 0. The van der Waals surface area contributed by atoms with Gasteiger partial charge in [-0.1, -0.05) is 13.8 Å². The third kappa shape index (κ3) is 7.73. The monoisotopic (exact) mass is 519 g/mol. The molecule has 0 radical (unpaired) electrons. The highest BCUT2D eigenvalue weighted by molar-refractivity contribution is 14.0. The molecular weight excluding hydrogens is 481 g/mol. The van der Waals surface area contributed by atoms with Gasteiger partial charge in [0.1, 0.15) is 5.76 Å². The van der Waals surface area contributed by atoms with Crippen LogP contribution in [0.2, 0.25) is 0 Å². The summed E-state index contributed by atoms with van der Waals surface area (Å²) in [5.74, 6) is 2.52. The number of nitrogens with one attached hydrogen (secondary N) is 2. The van der Waals surface area contributed by atoms with Crippen molar-refractivity contribution in [3.8, 4) is 0 Å². The predicted molar refractivity (Wildman–Crippen MR) is 128 cm³/mol. The molecule has 2 aliphatic heterocycles. The Labute approximate surface area is 192 Å². The van der Waals surface area contributed by atoms with Crippen molar-refractivity contribution in [1.82, 2.24) is 20.4 Å². The molecule has 8 heteroatoms. The van der Waals surface area contributed by atoms with Gasteiger partial charge in [0.2, 0.25) is 0 Å². The summed E-state index contributed by atoms with van der Waals surface area (Å²) in [6.07, 6.45) is 4.48. The van der Waals surface area contributed by atoms with Crippen LogP contribution in [0.1, 0.15) is 38.5 Å². The normalized spacial score (nSPS) is 22.5. The second-order valence-electron chi connectivity index (χ2n) is 8.25. The molecule has 2 N–H and O–H groups in total. The SMILES string of the molecule is CN=C(NCC1CN(CC(C)C)CCO1)NCC(c1ccco1)N1CCCC1.I. The molecule has 2 unspecified atom stereocenters. The molecule has 29 heavy (non-hydrogen) atoms. The Morgan fingerprint density at radius 2 is 2.03 bits per heavy atom. The van der Waals surface area contributed by atoms with E-state index in [9.17, 15) is 0 Å². The number of aliphatic imine (C=N–C) groups is 1. The van der Waals surface area contributed by atoms with Gasteiger partial charge in [0.05, 0.1) is 25.0 Å². The summed E-state index contributed by atoms with van der Waals surface area (Å²) in [6.45, 7) is 12.3. The van der Waals surface area contributed by atoms with Crippen molar-refractivity contribution in [2.24, 2.45) is 10.9 Å². The summed E-state index contributed by atoms with van der Waals surface area (Å²) in [5, 5.41) is 6.93. The summed E-state index contributed by atoms with van der Waals surface area (Å²) in [6, 6.07) is 4.28. The minimum atomic E-state index is 0. The fourth-order valence-corrected chi connectivity index (χ4v) is 4.15. The van der Waals surface area contributed by atoms with Crippen molar-refractivity contribution in [3.63, 3.8) is 0 Å². The summed E-state index contributed by atoms with van der Waals surface area (Å²) in [4.78, 5) is 9.39. The van der Waals surface area contributed by atoms with Crippen molar-refractivity contribution in [1.29, 1.82) is 0 Å². The maximum Gasteiger partial charge on any atom is 0.191 e. The van der Waals surface area contributed by atoms with E-state index in [0.717, 1.165) is 64.1 Å². The lowest BCUT2D eigenvalue weighted by Gasteiger charge is -2.34. The molecular formula is C21H38IN5O2. The molecule has 0 amide bonds. The molecule has 2 atom stereocenters. The number of furan rings is 1. The first-order valence-corrected chi connectivity index (χ1v) is 10.7. The van der Waals surface area contributed by atoms with Gasteiger partial charge in [-0.3, -0.25) is 14.8 Å². The zero-order valence-electron chi connectivity index (χ0n) is 18.1. The first-order valence-electron chi connectivity index (χ1n) is 10.7. The van der Waals surface area contributed by atoms with Gasteiger partial charge in [-0.25, -0.2) is 0 Å². The minimum Gasteiger partial charge on any atom is -0.468 e. The van der Waals surface area contributed by atoms with Crippen LogP contribution in [-0.2, 0) is 4.74 Å². The second-order valence-corrected chi connectivity index (χ2v) is 8.25. The Kier molecular flexibility index (Phi) is 10.8. The largest absolute Gasteiger partial charge is 0.468 e. The number of rotatable bonds is 8. The van der Waals surface area contributed by atoms with Gasteiger partial charge in [-0.15, -0.1) is 24.0 Å². The van der Waals surface area contributed by atoms with Gasteiger partial charge < -0.3 is 19.8 Å². The lowest BCUT2D eigenvalue weighted by Crippen LogP contribution is -2.50. The number of likely N-dealkylation sites (tertiary alicyclic amines) is 1. The maximum atomic E-state index is 5.94. The van der Waals surface area contributed by atoms with Crippen LogP contribution < -0.4 is 10.6 Å². The number of hydrogen-bond donors (Lipinski definition) is 2.